The van der Waals surface area contributed by atoms with Crippen molar-refractivity contribution in [2.75, 3.05) is 34.0 Å². The minimum absolute atomic E-state index is 0.0837. The lowest BCUT2D eigenvalue weighted by molar-refractivity contribution is 0.0523. The summed E-state index contributed by atoms with van der Waals surface area (Å²) in [6, 6.07) is 5.49. The van der Waals surface area contributed by atoms with Gasteiger partial charge in [-0.15, -0.1) is 0 Å². The molecule has 2 aromatic rings. The summed E-state index contributed by atoms with van der Waals surface area (Å²) in [6.07, 6.45) is 5.28. The summed E-state index contributed by atoms with van der Waals surface area (Å²) >= 11 is 0. The molecule has 1 saturated carbocycles. The standard InChI is InChI=1S/C23H27NO6/c1-4-29-22(26)17-14-24-18(12-19(17)25)16-11-20(28-3)21(30-9-5-8-27-2)10-15(16)13-23(24)6-7-23/h10-12,14H,4-9,13H2,1-3H3. The summed E-state index contributed by atoms with van der Waals surface area (Å²) in [5.41, 5.74) is 2.51. The van der Waals surface area contributed by atoms with E-state index in [4.69, 9.17) is 18.9 Å². The third-order valence-electron chi connectivity index (χ3n) is 5.82. The highest BCUT2D eigenvalue weighted by atomic mass is 16.5. The molecule has 0 radical (unpaired) electrons. The molecule has 2 aliphatic rings. The number of hydrogen-bond acceptors (Lipinski definition) is 6. The Morgan fingerprint density at radius 1 is 1.13 bits per heavy atom. The van der Waals surface area contributed by atoms with Gasteiger partial charge in [-0.2, -0.15) is 0 Å². The molecule has 0 bridgehead atoms. The van der Waals surface area contributed by atoms with Gasteiger partial charge in [0.1, 0.15) is 5.56 Å². The Hall–Kier alpha value is -2.80. The fraction of sp³-hybridized carbons (Fsp3) is 0.478. The zero-order valence-corrected chi connectivity index (χ0v) is 17.7. The van der Waals surface area contributed by atoms with Crippen LogP contribution in [-0.4, -0.2) is 44.6 Å². The monoisotopic (exact) mass is 413 g/mol. The average Bonchev–Trinajstić information content (AvgIpc) is 3.50. The first kappa shape index (κ1) is 20.5. The van der Waals surface area contributed by atoms with Gasteiger partial charge in [0.15, 0.2) is 16.9 Å². The van der Waals surface area contributed by atoms with Crippen LogP contribution in [0.1, 0.15) is 42.1 Å². The lowest BCUT2D eigenvalue weighted by Crippen LogP contribution is -2.30. The van der Waals surface area contributed by atoms with Crippen molar-refractivity contribution in [1.29, 1.82) is 0 Å². The van der Waals surface area contributed by atoms with E-state index in [0.717, 1.165) is 42.5 Å². The summed E-state index contributed by atoms with van der Waals surface area (Å²) in [5, 5.41) is 0. The molecule has 7 heteroatoms. The third-order valence-corrected chi connectivity index (χ3v) is 5.82. The summed E-state index contributed by atoms with van der Waals surface area (Å²) in [7, 11) is 3.27. The number of pyridine rings is 1. The number of methoxy groups -OCH3 is 2. The summed E-state index contributed by atoms with van der Waals surface area (Å²) in [5.74, 6) is 0.741. The lowest BCUT2D eigenvalue weighted by Gasteiger charge is -2.31. The Labute approximate surface area is 175 Å². The van der Waals surface area contributed by atoms with Crippen LogP contribution in [0.15, 0.2) is 29.2 Å². The van der Waals surface area contributed by atoms with E-state index in [1.54, 1.807) is 33.4 Å². The fourth-order valence-corrected chi connectivity index (χ4v) is 4.14. The van der Waals surface area contributed by atoms with Crippen molar-refractivity contribution >= 4 is 5.97 Å². The molecule has 1 aliphatic carbocycles. The molecular formula is C23H27NO6. The molecule has 0 N–H and O–H groups in total. The molecule has 4 rings (SSSR count). The van der Waals surface area contributed by atoms with Crippen LogP contribution in [-0.2, 0) is 21.4 Å². The van der Waals surface area contributed by atoms with Crippen LogP contribution >= 0.6 is 0 Å². The normalized spacial score (nSPS) is 15.3. The summed E-state index contributed by atoms with van der Waals surface area (Å²) < 4.78 is 23.7. The maximum absolute atomic E-state index is 12.7. The molecule has 0 saturated heterocycles. The van der Waals surface area contributed by atoms with E-state index in [-0.39, 0.29) is 23.1 Å². The Bertz CT molecular complexity index is 1020. The van der Waals surface area contributed by atoms with Crippen molar-refractivity contribution in [1.82, 2.24) is 4.57 Å². The Morgan fingerprint density at radius 2 is 1.93 bits per heavy atom. The van der Waals surface area contributed by atoms with Crippen LogP contribution in [0.5, 0.6) is 11.5 Å². The van der Waals surface area contributed by atoms with Gasteiger partial charge in [0.05, 0.1) is 26.0 Å². The summed E-state index contributed by atoms with van der Waals surface area (Å²) in [6.45, 7) is 3.13. The average molecular weight is 413 g/mol. The highest BCUT2D eigenvalue weighted by Gasteiger charge is 2.48. The number of benzene rings is 1. The first-order valence-electron chi connectivity index (χ1n) is 10.3. The highest BCUT2D eigenvalue weighted by Crippen LogP contribution is 2.53. The van der Waals surface area contributed by atoms with E-state index in [1.807, 2.05) is 12.1 Å². The van der Waals surface area contributed by atoms with Gasteiger partial charge in [-0.25, -0.2) is 4.79 Å². The topological polar surface area (TPSA) is 76.0 Å². The molecule has 2 heterocycles. The van der Waals surface area contributed by atoms with Crippen molar-refractivity contribution in [2.24, 2.45) is 0 Å². The molecular weight excluding hydrogens is 386 g/mol. The molecule has 0 amide bonds. The SMILES string of the molecule is CCOC(=O)c1cn2c(cc1=O)-c1cc(OC)c(OCCCOC)cc1CC21CC1. The molecule has 1 fully saturated rings. The molecule has 1 spiro atoms. The van der Waals surface area contributed by atoms with E-state index >= 15 is 0 Å². The zero-order valence-electron chi connectivity index (χ0n) is 17.7. The molecule has 0 atom stereocenters. The molecule has 1 aliphatic heterocycles. The van der Waals surface area contributed by atoms with Crippen LogP contribution in [0, 0.1) is 0 Å². The second kappa shape index (κ2) is 8.14. The quantitative estimate of drug-likeness (QED) is 0.489. The first-order chi connectivity index (χ1) is 14.5. The predicted octanol–water partition coefficient (Wildman–Crippen LogP) is 3.16. The number of nitrogens with zero attached hydrogens (tertiary/aromatic N) is 1. The number of ether oxygens (including phenoxy) is 4. The molecule has 0 unspecified atom stereocenters. The fourth-order valence-electron chi connectivity index (χ4n) is 4.14. The van der Waals surface area contributed by atoms with E-state index in [0.29, 0.717) is 24.7 Å². The van der Waals surface area contributed by atoms with E-state index in [9.17, 15) is 9.59 Å². The molecule has 1 aromatic heterocycles. The number of fused-ring (bicyclic) bond motifs is 4. The minimum atomic E-state index is -0.572. The Morgan fingerprint density at radius 3 is 2.60 bits per heavy atom. The van der Waals surface area contributed by atoms with Gasteiger partial charge in [-0.05, 0) is 43.9 Å². The Balaban J connectivity index is 1.76. The van der Waals surface area contributed by atoms with Crippen molar-refractivity contribution < 1.29 is 23.7 Å². The van der Waals surface area contributed by atoms with Gasteiger partial charge >= 0.3 is 5.97 Å². The van der Waals surface area contributed by atoms with E-state index < -0.39 is 5.97 Å². The number of hydrogen-bond donors (Lipinski definition) is 0. The lowest BCUT2D eigenvalue weighted by atomic mass is 9.90. The number of rotatable bonds is 8. The van der Waals surface area contributed by atoms with Gasteiger partial charge in [0, 0.05) is 43.5 Å². The van der Waals surface area contributed by atoms with Crippen molar-refractivity contribution in [3.05, 3.63) is 45.7 Å². The van der Waals surface area contributed by atoms with E-state index in [2.05, 4.69) is 4.57 Å². The number of esters is 1. The number of aromatic nitrogens is 1. The van der Waals surface area contributed by atoms with Gasteiger partial charge in [0.2, 0.25) is 0 Å². The second-order valence-electron chi connectivity index (χ2n) is 7.78. The molecule has 7 nitrogen and oxygen atoms in total. The van der Waals surface area contributed by atoms with Crippen LogP contribution in [0.3, 0.4) is 0 Å². The second-order valence-corrected chi connectivity index (χ2v) is 7.78. The molecule has 1 aromatic carbocycles. The first-order valence-corrected chi connectivity index (χ1v) is 10.3. The minimum Gasteiger partial charge on any atom is -0.493 e. The predicted molar refractivity (Wildman–Crippen MR) is 112 cm³/mol. The zero-order chi connectivity index (χ0) is 21.3. The van der Waals surface area contributed by atoms with Crippen molar-refractivity contribution in [2.45, 2.75) is 38.1 Å². The maximum Gasteiger partial charge on any atom is 0.343 e. The van der Waals surface area contributed by atoms with Crippen LogP contribution in [0.2, 0.25) is 0 Å². The van der Waals surface area contributed by atoms with E-state index in [1.165, 1.54) is 0 Å². The highest BCUT2D eigenvalue weighted by molar-refractivity contribution is 5.89. The van der Waals surface area contributed by atoms with Crippen LogP contribution in [0.25, 0.3) is 11.3 Å². The number of carbonyl (C=O) groups excluding carboxylic acids is 1. The summed E-state index contributed by atoms with van der Waals surface area (Å²) in [4.78, 5) is 24.9. The van der Waals surface area contributed by atoms with Crippen LogP contribution < -0.4 is 14.9 Å². The largest absolute Gasteiger partial charge is 0.493 e. The maximum atomic E-state index is 12.7. The van der Waals surface area contributed by atoms with Gasteiger partial charge in [-0.3, -0.25) is 4.79 Å². The third kappa shape index (κ3) is 3.58. The van der Waals surface area contributed by atoms with Gasteiger partial charge in [0.25, 0.3) is 0 Å². The van der Waals surface area contributed by atoms with Crippen LogP contribution in [0.4, 0.5) is 0 Å². The Kier molecular flexibility index (Phi) is 5.56. The van der Waals surface area contributed by atoms with Gasteiger partial charge < -0.3 is 23.5 Å². The molecule has 30 heavy (non-hydrogen) atoms. The van der Waals surface area contributed by atoms with Gasteiger partial charge in [-0.1, -0.05) is 0 Å². The van der Waals surface area contributed by atoms with Crippen molar-refractivity contribution in [3.8, 4) is 22.8 Å². The molecule has 160 valence electrons. The number of carbonyl (C=O) groups is 1. The van der Waals surface area contributed by atoms with Crippen molar-refractivity contribution in [3.63, 3.8) is 0 Å². The smallest absolute Gasteiger partial charge is 0.343 e.